The summed E-state index contributed by atoms with van der Waals surface area (Å²) in [6, 6.07) is 12.8. The molecular weight excluding hydrogens is 333 g/mol. The highest BCUT2D eigenvalue weighted by molar-refractivity contribution is 6.02. The van der Waals surface area contributed by atoms with Crippen LogP contribution >= 0.6 is 0 Å². The number of nitrogens with zero attached hydrogens (tertiary/aromatic N) is 3. The minimum atomic E-state index is -0.803. The van der Waals surface area contributed by atoms with Crippen LogP contribution in [-0.4, -0.2) is 34.1 Å². The molecule has 1 aliphatic heterocycles. The average molecular weight is 351 g/mol. The predicted molar refractivity (Wildman–Crippen MR) is 97.5 cm³/mol. The first kappa shape index (κ1) is 16.4. The van der Waals surface area contributed by atoms with Crippen molar-refractivity contribution in [3.05, 3.63) is 54.6 Å². The Bertz CT molecular complexity index is 962. The van der Waals surface area contributed by atoms with E-state index in [9.17, 15) is 14.3 Å². The molecule has 0 saturated carbocycles. The van der Waals surface area contributed by atoms with Gasteiger partial charge in [0.1, 0.15) is 23.5 Å². The van der Waals surface area contributed by atoms with Crippen LogP contribution < -0.4 is 4.90 Å². The summed E-state index contributed by atoms with van der Waals surface area (Å²) in [7, 11) is 0. The van der Waals surface area contributed by atoms with Crippen LogP contribution in [0.5, 0.6) is 0 Å². The molecule has 2 aromatic carbocycles. The molecule has 4 rings (SSSR count). The minimum Gasteiger partial charge on any atom is -0.481 e. The molecule has 0 amide bonds. The first-order valence-electron chi connectivity index (χ1n) is 8.61. The predicted octanol–water partition coefficient (Wildman–Crippen LogP) is 3.74. The molecule has 1 unspecified atom stereocenters. The van der Waals surface area contributed by atoms with Crippen LogP contribution in [-0.2, 0) is 4.79 Å². The van der Waals surface area contributed by atoms with Crippen molar-refractivity contribution in [3.63, 3.8) is 0 Å². The minimum absolute atomic E-state index is 0.258. The van der Waals surface area contributed by atoms with Gasteiger partial charge in [0, 0.05) is 13.1 Å². The molecule has 5 nitrogen and oxygen atoms in total. The topological polar surface area (TPSA) is 66.3 Å². The molecule has 1 aliphatic rings. The van der Waals surface area contributed by atoms with Gasteiger partial charge in [-0.25, -0.2) is 14.4 Å². The number of rotatable bonds is 3. The monoisotopic (exact) mass is 351 g/mol. The standard InChI is InChI=1S/C20H18FN3O2/c21-16-9-8-15(13-5-2-1-3-6-13)17-18(16)22-12-23-19(17)24-10-4-7-14(11-24)20(25)26/h1-3,5-6,8-9,12,14H,4,7,10-11H2,(H,25,26). The number of anilines is 1. The third-order valence-corrected chi connectivity index (χ3v) is 4.87. The van der Waals surface area contributed by atoms with Crippen molar-refractivity contribution in [1.82, 2.24) is 9.97 Å². The second-order valence-corrected chi connectivity index (χ2v) is 6.51. The lowest BCUT2D eigenvalue weighted by Gasteiger charge is -2.32. The van der Waals surface area contributed by atoms with E-state index in [4.69, 9.17) is 0 Å². The molecule has 1 N–H and O–H groups in total. The van der Waals surface area contributed by atoms with E-state index in [2.05, 4.69) is 9.97 Å². The third-order valence-electron chi connectivity index (χ3n) is 4.87. The molecule has 3 aromatic rings. The van der Waals surface area contributed by atoms with Crippen LogP contribution in [0.1, 0.15) is 12.8 Å². The third kappa shape index (κ3) is 2.87. The highest BCUT2D eigenvalue weighted by atomic mass is 19.1. The van der Waals surface area contributed by atoms with Gasteiger partial charge in [-0.2, -0.15) is 0 Å². The van der Waals surface area contributed by atoms with Crippen LogP contribution in [0.25, 0.3) is 22.0 Å². The summed E-state index contributed by atoms with van der Waals surface area (Å²) >= 11 is 0. The zero-order valence-corrected chi connectivity index (χ0v) is 14.1. The van der Waals surface area contributed by atoms with Crippen LogP contribution in [0.3, 0.4) is 0 Å². The molecule has 1 atom stereocenters. The Morgan fingerprint density at radius 1 is 1.15 bits per heavy atom. The molecule has 0 bridgehead atoms. The van der Waals surface area contributed by atoms with E-state index in [0.717, 1.165) is 17.5 Å². The molecule has 0 spiro atoms. The second-order valence-electron chi connectivity index (χ2n) is 6.51. The molecule has 6 heteroatoms. The Labute approximate surface area is 150 Å². The summed E-state index contributed by atoms with van der Waals surface area (Å²) in [5, 5.41) is 10.0. The number of halogens is 1. The normalized spacial score (nSPS) is 17.4. The number of hydrogen-bond acceptors (Lipinski definition) is 4. The molecule has 0 aliphatic carbocycles. The Balaban J connectivity index is 1.90. The lowest BCUT2D eigenvalue weighted by Crippen LogP contribution is -2.39. The highest BCUT2D eigenvalue weighted by Gasteiger charge is 2.28. The zero-order chi connectivity index (χ0) is 18.1. The number of carboxylic acid groups (broad SMARTS) is 1. The van der Waals surface area contributed by atoms with E-state index in [-0.39, 0.29) is 5.52 Å². The number of aliphatic carboxylic acids is 1. The number of carbonyl (C=O) groups is 1. The van der Waals surface area contributed by atoms with Crippen LogP contribution in [0.15, 0.2) is 48.8 Å². The molecule has 1 fully saturated rings. The van der Waals surface area contributed by atoms with E-state index in [0.29, 0.717) is 30.7 Å². The van der Waals surface area contributed by atoms with E-state index in [1.807, 2.05) is 35.2 Å². The highest BCUT2D eigenvalue weighted by Crippen LogP contribution is 2.36. The lowest BCUT2D eigenvalue weighted by atomic mass is 9.96. The maximum atomic E-state index is 14.4. The smallest absolute Gasteiger partial charge is 0.308 e. The van der Waals surface area contributed by atoms with Crippen molar-refractivity contribution in [2.75, 3.05) is 18.0 Å². The van der Waals surface area contributed by atoms with Gasteiger partial charge in [-0.05, 0) is 30.0 Å². The van der Waals surface area contributed by atoms with Crippen LogP contribution in [0.2, 0.25) is 0 Å². The number of hydrogen-bond donors (Lipinski definition) is 1. The molecule has 2 heterocycles. The molecule has 1 saturated heterocycles. The van der Waals surface area contributed by atoms with Gasteiger partial charge in [0.05, 0.1) is 11.3 Å². The van der Waals surface area contributed by atoms with Crippen molar-refractivity contribution in [3.8, 4) is 11.1 Å². The summed E-state index contributed by atoms with van der Waals surface area (Å²) < 4.78 is 14.4. The quantitative estimate of drug-likeness (QED) is 0.779. The summed E-state index contributed by atoms with van der Waals surface area (Å²) in [6.45, 7) is 1.06. The fourth-order valence-electron chi connectivity index (χ4n) is 3.59. The second kappa shape index (κ2) is 6.71. The molecule has 132 valence electrons. The van der Waals surface area contributed by atoms with E-state index in [1.54, 1.807) is 6.07 Å². The van der Waals surface area contributed by atoms with E-state index >= 15 is 0 Å². The maximum Gasteiger partial charge on any atom is 0.308 e. The Morgan fingerprint density at radius 2 is 1.96 bits per heavy atom. The van der Waals surface area contributed by atoms with Gasteiger partial charge in [-0.1, -0.05) is 36.4 Å². The molecule has 26 heavy (non-hydrogen) atoms. The fraction of sp³-hybridized carbons (Fsp3) is 0.250. The summed E-state index contributed by atoms with van der Waals surface area (Å²) in [4.78, 5) is 21.9. The fourth-order valence-corrected chi connectivity index (χ4v) is 3.59. The number of carboxylic acids is 1. The van der Waals surface area contributed by atoms with Crippen molar-refractivity contribution in [1.29, 1.82) is 0 Å². The number of aromatic nitrogens is 2. The van der Waals surface area contributed by atoms with Gasteiger partial charge in [0.2, 0.25) is 0 Å². The summed E-state index contributed by atoms with van der Waals surface area (Å²) in [6.07, 6.45) is 2.76. The van der Waals surface area contributed by atoms with Gasteiger partial charge in [0.15, 0.2) is 0 Å². The van der Waals surface area contributed by atoms with Crippen molar-refractivity contribution in [2.45, 2.75) is 12.8 Å². The van der Waals surface area contributed by atoms with Crippen molar-refractivity contribution >= 4 is 22.7 Å². The SMILES string of the molecule is O=C(O)C1CCCN(c2ncnc3c(F)ccc(-c4ccccc4)c23)C1. The van der Waals surface area contributed by atoms with Gasteiger partial charge in [-0.15, -0.1) is 0 Å². The molecule has 0 radical (unpaired) electrons. The van der Waals surface area contributed by atoms with Crippen molar-refractivity contribution < 1.29 is 14.3 Å². The Hall–Kier alpha value is -3.02. The number of fused-ring (bicyclic) bond motifs is 1. The van der Waals surface area contributed by atoms with E-state index in [1.165, 1.54) is 12.4 Å². The largest absolute Gasteiger partial charge is 0.481 e. The van der Waals surface area contributed by atoms with E-state index < -0.39 is 17.7 Å². The van der Waals surface area contributed by atoms with Crippen LogP contribution in [0, 0.1) is 11.7 Å². The lowest BCUT2D eigenvalue weighted by molar-refractivity contribution is -0.141. The molecular formula is C20H18FN3O2. The molecule has 1 aromatic heterocycles. The average Bonchev–Trinajstić information content (AvgIpc) is 2.69. The summed E-state index contributed by atoms with van der Waals surface area (Å²) in [5.41, 5.74) is 2.05. The zero-order valence-electron chi connectivity index (χ0n) is 14.1. The summed E-state index contributed by atoms with van der Waals surface area (Å²) in [5.74, 6) is -1.06. The van der Waals surface area contributed by atoms with Crippen LogP contribution in [0.4, 0.5) is 10.2 Å². The number of benzene rings is 2. The first-order valence-corrected chi connectivity index (χ1v) is 8.61. The van der Waals surface area contributed by atoms with Gasteiger partial charge >= 0.3 is 5.97 Å². The Morgan fingerprint density at radius 3 is 2.73 bits per heavy atom. The maximum absolute atomic E-state index is 14.4. The van der Waals surface area contributed by atoms with Gasteiger partial charge in [-0.3, -0.25) is 4.79 Å². The van der Waals surface area contributed by atoms with Gasteiger partial charge < -0.3 is 10.0 Å². The number of piperidine rings is 1. The Kier molecular flexibility index (Phi) is 4.24. The van der Waals surface area contributed by atoms with Crippen molar-refractivity contribution in [2.24, 2.45) is 5.92 Å². The first-order chi connectivity index (χ1) is 12.6. The van der Waals surface area contributed by atoms with Gasteiger partial charge in [0.25, 0.3) is 0 Å².